The van der Waals surface area contributed by atoms with E-state index in [1.165, 1.54) is 23.9 Å². The van der Waals surface area contributed by atoms with E-state index in [0.29, 0.717) is 21.4 Å². The average Bonchev–Trinajstić information content (AvgIpc) is 3.15. The van der Waals surface area contributed by atoms with Crippen LogP contribution in [0.2, 0.25) is 10.0 Å². The highest BCUT2D eigenvalue weighted by atomic mass is 79.9. The number of amidine groups is 1. The summed E-state index contributed by atoms with van der Waals surface area (Å²) in [5, 5.41) is 12.8. The van der Waals surface area contributed by atoms with Crippen molar-refractivity contribution in [1.29, 1.82) is 0 Å². The van der Waals surface area contributed by atoms with E-state index < -0.39 is 5.97 Å². The van der Waals surface area contributed by atoms with Gasteiger partial charge < -0.3 is 15.2 Å². The molecule has 6 nitrogen and oxygen atoms in total. The van der Waals surface area contributed by atoms with Gasteiger partial charge in [0.2, 0.25) is 0 Å². The predicted octanol–water partition coefficient (Wildman–Crippen LogP) is 7.54. The number of hydrogen-bond donors (Lipinski definition) is 2. The summed E-state index contributed by atoms with van der Waals surface area (Å²) in [5.41, 5.74) is 4.46. The number of aliphatic imine (C=N–C) groups is 1. The van der Waals surface area contributed by atoms with Crippen molar-refractivity contribution in [3.05, 3.63) is 95.8 Å². The molecular weight excluding hydrogens is 587 g/mol. The normalized spacial score (nSPS) is 15.4. The Morgan fingerprint density at radius 1 is 1.11 bits per heavy atom. The number of benzene rings is 3. The molecule has 1 fully saturated rings. The molecule has 0 spiro atoms. The Labute approximate surface area is 230 Å². The number of carboxylic acid groups (broad SMARTS) is 1. The molecule has 0 bridgehead atoms. The first-order valence-corrected chi connectivity index (χ1v) is 13.0. The Hall–Kier alpha value is -2.78. The molecule has 1 aliphatic rings. The van der Waals surface area contributed by atoms with Gasteiger partial charge >= 0.3 is 5.97 Å². The van der Waals surface area contributed by atoms with Crippen molar-refractivity contribution in [1.82, 2.24) is 5.32 Å². The van der Waals surface area contributed by atoms with Gasteiger partial charge in [0, 0.05) is 4.47 Å². The Kier molecular flexibility index (Phi) is 8.10. The van der Waals surface area contributed by atoms with Crippen molar-refractivity contribution >= 4 is 79.7 Å². The summed E-state index contributed by atoms with van der Waals surface area (Å²) >= 11 is 17.6. The number of aryl methyl sites for hydroxylation is 2. The van der Waals surface area contributed by atoms with Crippen molar-refractivity contribution in [3.63, 3.8) is 0 Å². The second-order valence-electron chi connectivity index (χ2n) is 7.98. The lowest BCUT2D eigenvalue weighted by molar-refractivity contribution is -0.115. The molecule has 4 rings (SSSR count). The molecule has 3 aromatic carbocycles. The number of carbonyl (C=O) groups excluding carboxylic acids is 1. The van der Waals surface area contributed by atoms with E-state index in [1.807, 2.05) is 26.0 Å². The number of hydrogen-bond acceptors (Lipinski definition) is 5. The van der Waals surface area contributed by atoms with Crippen molar-refractivity contribution < 1.29 is 19.4 Å². The van der Waals surface area contributed by atoms with Crippen LogP contribution in [0.1, 0.15) is 32.6 Å². The average molecular weight is 606 g/mol. The van der Waals surface area contributed by atoms with Gasteiger partial charge in [-0.1, -0.05) is 51.3 Å². The predicted molar refractivity (Wildman–Crippen MR) is 149 cm³/mol. The van der Waals surface area contributed by atoms with Gasteiger partial charge in [-0.05, 0) is 90.3 Å². The fraction of sp³-hybridized carbons (Fsp3) is 0.115. The fourth-order valence-electron chi connectivity index (χ4n) is 3.44. The molecule has 1 saturated heterocycles. The largest absolute Gasteiger partial charge is 0.486 e. The molecule has 0 atom stereocenters. The van der Waals surface area contributed by atoms with Gasteiger partial charge in [-0.15, -0.1) is 0 Å². The SMILES string of the molecule is Cc1cc(N=C2NC(=O)/C(=C/c3cc(Cl)c(OCc4ccc(C(=O)O)cc4)c(Cl)c3)S2)cc(C)c1Br. The van der Waals surface area contributed by atoms with Gasteiger partial charge in [0.25, 0.3) is 5.91 Å². The van der Waals surface area contributed by atoms with E-state index in [0.717, 1.165) is 26.9 Å². The molecule has 0 saturated carbocycles. The summed E-state index contributed by atoms with van der Waals surface area (Å²) in [6, 6.07) is 13.5. The minimum Gasteiger partial charge on any atom is -0.486 e. The van der Waals surface area contributed by atoms with Crippen LogP contribution < -0.4 is 10.1 Å². The van der Waals surface area contributed by atoms with Crippen LogP contribution in [0.3, 0.4) is 0 Å². The second kappa shape index (κ2) is 11.1. The number of aromatic carboxylic acids is 1. The van der Waals surface area contributed by atoms with E-state index in [-0.39, 0.29) is 28.1 Å². The van der Waals surface area contributed by atoms with Gasteiger partial charge in [0.05, 0.1) is 26.2 Å². The number of nitrogens with one attached hydrogen (secondary N) is 1. The molecule has 1 heterocycles. The van der Waals surface area contributed by atoms with Crippen LogP contribution in [0, 0.1) is 13.8 Å². The molecule has 184 valence electrons. The maximum absolute atomic E-state index is 12.5. The van der Waals surface area contributed by atoms with Crippen LogP contribution in [0.25, 0.3) is 6.08 Å². The lowest BCUT2D eigenvalue weighted by atomic mass is 10.1. The molecule has 0 radical (unpaired) electrons. The Bertz CT molecular complexity index is 1390. The first-order chi connectivity index (χ1) is 17.1. The van der Waals surface area contributed by atoms with E-state index in [9.17, 15) is 9.59 Å². The summed E-state index contributed by atoms with van der Waals surface area (Å²) in [6.45, 7) is 4.14. The molecule has 1 amide bonds. The summed E-state index contributed by atoms with van der Waals surface area (Å²) in [5.74, 6) is -0.958. The molecular formula is C26H19BrCl2N2O4S. The zero-order chi connectivity index (χ0) is 26.0. The lowest BCUT2D eigenvalue weighted by Crippen LogP contribution is -2.19. The molecule has 10 heteroatoms. The topological polar surface area (TPSA) is 88.0 Å². The van der Waals surface area contributed by atoms with E-state index in [1.54, 1.807) is 30.3 Å². The standard InChI is InChI=1S/C26H19BrCl2N2O4S/c1-13-7-18(8-14(2)22(13)27)30-26-31-24(32)21(36-26)11-16-9-19(28)23(20(29)10-16)35-12-15-3-5-17(6-4-15)25(33)34/h3-11H,12H2,1-2H3,(H,33,34)(H,30,31,32)/b21-11-. The van der Waals surface area contributed by atoms with E-state index in [4.69, 9.17) is 33.0 Å². The van der Waals surface area contributed by atoms with Gasteiger partial charge in [-0.3, -0.25) is 4.79 Å². The van der Waals surface area contributed by atoms with Crippen LogP contribution >= 0.6 is 50.9 Å². The van der Waals surface area contributed by atoms with Crippen molar-refractivity contribution in [2.24, 2.45) is 4.99 Å². The summed E-state index contributed by atoms with van der Waals surface area (Å²) in [6.07, 6.45) is 1.69. The number of nitrogens with zero attached hydrogens (tertiary/aromatic N) is 1. The molecule has 1 aliphatic heterocycles. The van der Waals surface area contributed by atoms with Crippen LogP contribution in [0.15, 0.2) is 62.9 Å². The van der Waals surface area contributed by atoms with Gasteiger partial charge in [-0.25, -0.2) is 9.79 Å². The maximum atomic E-state index is 12.5. The fourth-order valence-corrected chi connectivity index (χ4v) is 5.12. The molecule has 0 aliphatic carbocycles. The first kappa shape index (κ1) is 26.3. The number of ether oxygens (including phenoxy) is 1. The highest BCUT2D eigenvalue weighted by Crippen LogP contribution is 2.37. The third kappa shape index (κ3) is 6.13. The molecule has 3 aromatic rings. The Morgan fingerprint density at radius 3 is 2.31 bits per heavy atom. The van der Waals surface area contributed by atoms with Crippen LogP contribution in [0.5, 0.6) is 5.75 Å². The maximum Gasteiger partial charge on any atom is 0.335 e. The van der Waals surface area contributed by atoms with Crippen molar-refractivity contribution in [2.75, 3.05) is 0 Å². The highest BCUT2D eigenvalue weighted by Gasteiger charge is 2.24. The second-order valence-corrected chi connectivity index (χ2v) is 10.6. The monoisotopic (exact) mass is 604 g/mol. The summed E-state index contributed by atoms with van der Waals surface area (Å²) in [7, 11) is 0. The molecule has 36 heavy (non-hydrogen) atoms. The van der Waals surface area contributed by atoms with Gasteiger partial charge in [0.15, 0.2) is 10.9 Å². The number of thioether (sulfide) groups is 1. The lowest BCUT2D eigenvalue weighted by Gasteiger charge is -2.11. The highest BCUT2D eigenvalue weighted by molar-refractivity contribution is 9.10. The van der Waals surface area contributed by atoms with Crippen molar-refractivity contribution in [2.45, 2.75) is 20.5 Å². The zero-order valence-corrected chi connectivity index (χ0v) is 23.0. The number of halogens is 3. The minimum absolute atomic E-state index is 0.160. The first-order valence-electron chi connectivity index (χ1n) is 10.6. The number of carbonyl (C=O) groups is 2. The van der Waals surface area contributed by atoms with Crippen LogP contribution in [-0.2, 0) is 11.4 Å². The van der Waals surface area contributed by atoms with Crippen LogP contribution in [-0.4, -0.2) is 22.2 Å². The number of carboxylic acids is 1. The summed E-state index contributed by atoms with van der Waals surface area (Å²) < 4.78 is 6.81. The summed E-state index contributed by atoms with van der Waals surface area (Å²) in [4.78, 5) is 28.5. The molecule has 0 aromatic heterocycles. The third-order valence-electron chi connectivity index (χ3n) is 5.21. The van der Waals surface area contributed by atoms with Crippen molar-refractivity contribution in [3.8, 4) is 5.75 Å². The zero-order valence-electron chi connectivity index (χ0n) is 19.1. The quantitative estimate of drug-likeness (QED) is 0.283. The van der Waals surface area contributed by atoms with Gasteiger partial charge in [-0.2, -0.15) is 0 Å². The van der Waals surface area contributed by atoms with Crippen LogP contribution in [0.4, 0.5) is 5.69 Å². The van der Waals surface area contributed by atoms with E-state index in [2.05, 4.69) is 26.2 Å². The molecule has 2 N–H and O–H groups in total. The van der Waals surface area contributed by atoms with Gasteiger partial charge in [0.1, 0.15) is 6.61 Å². The third-order valence-corrected chi connectivity index (χ3v) is 7.93. The minimum atomic E-state index is -0.996. The Balaban J connectivity index is 1.49. The number of amides is 1. The molecule has 0 unspecified atom stereocenters. The van der Waals surface area contributed by atoms with E-state index >= 15 is 0 Å². The smallest absolute Gasteiger partial charge is 0.335 e. The Morgan fingerprint density at radius 2 is 1.72 bits per heavy atom. The number of rotatable bonds is 6.